The molecular weight excluding hydrogens is 324 g/mol. The molecule has 0 aliphatic carbocycles. The Kier molecular flexibility index (Phi) is 7.30. The average Bonchev–Trinajstić information content (AvgIpc) is 2.58. The largest absolute Gasteiger partial charge is 0.138 e. The van der Waals surface area contributed by atoms with Gasteiger partial charge in [-0.15, -0.1) is 17.1 Å². The molecule has 2 aromatic carbocycles. The van der Waals surface area contributed by atoms with Gasteiger partial charge in [-0.1, -0.05) is 96.4 Å². The van der Waals surface area contributed by atoms with E-state index in [2.05, 4.69) is 109 Å². The van der Waals surface area contributed by atoms with Gasteiger partial charge in [-0.2, -0.15) is 0 Å². The maximum atomic E-state index is 3.54. The highest BCUT2D eigenvalue weighted by atomic mass is 28.3. The zero-order valence-corrected chi connectivity index (χ0v) is 17.8. The van der Waals surface area contributed by atoms with Gasteiger partial charge in [0, 0.05) is 0 Å². The lowest BCUT2D eigenvalue weighted by atomic mass is 10.4. The van der Waals surface area contributed by atoms with Crippen molar-refractivity contribution < 1.29 is 0 Å². The highest BCUT2D eigenvalue weighted by molar-refractivity contribution is 6.89. The Hall–Kier alpha value is -1.65. The minimum atomic E-state index is -1.31. The van der Waals surface area contributed by atoms with E-state index in [1.165, 1.54) is 10.4 Å². The monoisotopic (exact) mass is 350 g/mol. The molecule has 0 aliphatic rings. The molecular formula is C20H26Si3. The first-order valence-electron chi connectivity index (χ1n) is 8.37. The Labute approximate surface area is 145 Å². The third-order valence-electron chi connectivity index (χ3n) is 3.74. The summed E-state index contributed by atoms with van der Waals surface area (Å²) < 4.78 is 0. The van der Waals surface area contributed by atoms with Gasteiger partial charge >= 0.3 is 0 Å². The number of hydrogen-bond donors (Lipinski definition) is 0. The predicted octanol–water partition coefficient (Wildman–Crippen LogP) is 2.80. The van der Waals surface area contributed by atoms with Crippen molar-refractivity contribution in [2.24, 2.45) is 0 Å². The third kappa shape index (κ3) is 6.16. The molecule has 0 aromatic heterocycles. The molecule has 0 aliphatic heterocycles. The molecule has 0 nitrogen and oxygen atoms in total. The highest BCUT2D eigenvalue weighted by Crippen LogP contribution is 1.95. The first kappa shape index (κ1) is 17.7. The van der Waals surface area contributed by atoms with E-state index in [9.17, 15) is 0 Å². The second kappa shape index (κ2) is 9.48. The number of hydrogen-bond acceptors (Lipinski definition) is 0. The van der Waals surface area contributed by atoms with Gasteiger partial charge in [-0.25, -0.2) is 0 Å². The zero-order chi connectivity index (χ0) is 16.5. The van der Waals surface area contributed by atoms with Gasteiger partial charge in [0.15, 0.2) is 0 Å². The molecule has 0 saturated carbocycles. The molecule has 0 N–H and O–H groups in total. The van der Waals surface area contributed by atoms with Crippen molar-refractivity contribution in [2.75, 3.05) is 0 Å². The van der Waals surface area contributed by atoms with Crippen LogP contribution >= 0.6 is 0 Å². The topological polar surface area (TPSA) is 0 Å². The first-order valence-corrected chi connectivity index (χ1v) is 15.7. The van der Waals surface area contributed by atoms with Crippen LogP contribution in [0.15, 0.2) is 89.2 Å². The Morgan fingerprint density at radius 2 is 1.22 bits per heavy atom. The van der Waals surface area contributed by atoms with E-state index in [1.54, 1.807) is 0 Å². The molecule has 2 aromatic rings. The van der Waals surface area contributed by atoms with Crippen LogP contribution in [-0.4, -0.2) is 26.4 Å². The molecule has 1 atom stereocenters. The molecule has 3 heteroatoms. The van der Waals surface area contributed by atoms with Crippen molar-refractivity contribution in [2.45, 2.75) is 19.6 Å². The summed E-state index contributed by atoms with van der Waals surface area (Å²) in [4.78, 5) is 0. The van der Waals surface area contributed by atoms with Crippen LogP contribution in [0.3, 0.4) is 0 Å². The van der Waals surface area contributed by atoms with Crippen molar-refractivity contribution in [1.82, 2.24) is 0 Å². The molecule has 0 spiro atoms. The van der Waals surface area contributed by atoms with E-state index in [0.29, 0.717) is 0 Å². The van der Waals surface area contributed by atoms with Gasteiger partial charge in [-0.05, 0) is 5.70 Å². The van der Waals surface area contributed by atoms with Crippen molar-refractivity contribution in [1.29, 1.82) is 0 Å². The van der Waals surface area contributed by atoms with Crippen LogP contribution in [0.5, 0.6) is 0 Å². The van der Waals surface area contributed by atoms with Crippen LogP contribution in [0.2, 0.25) is 19.6 Å². The minimum absolute atomic E-state index is 0.573. The lowest BCUT2D eigenvalue weighted by Crippen LogP contribution is -2.40. The Balaban J connectivity index is 2.24. The molecule has 0 amide bonds. The molecule has 1 unspecified atom stereocenters. The fraction of sp³-hybridized carbons (Fsp3) is 0.150. The van der Waals surface area contributed by atoms with E-state index in [1.807, 2.05) is 0 Å². The predicted molar refractivity (Wildman–Crippen MR) is 113 cm³/mol. The van der Waals surface area contributed by atoms with Crippen molar-refractivity contribution in [3.8, 4) is 0 Å². The van der Waals surface area contributed by atoms with Crippen molar-refractivity contribution in [3.63, 3.8) is 0 Å². The van der Waals surface area contributed by atoms with Gasteiger partial charge in [0.25, 0.3) is 0 Å². The molecule has 118 valence electrons. The van der Waals surface area contributed by atoms with E-state index >= 15 is 0 Å². The van der Waals surface area contributed by atoms with Crippen molar-refractivity contribution in [3.05, 3.63) is 89.2 Å². The molecule has 0 radical (unpaired) electrons. The highest BCUT2D eigenvalue weighted by Gasteiger charge is 2.11. The van der Waals surface area contributed by atoms with E-state index < -0.39 is 26.4 Å². The van der Waals surface area contributed by atoms with Gasteiger partial charge in [0.05, 0.1) is 17.6 Å². The summed E-state index contributed by atoms with van der Waals surface area (Å²) in [5, 5.41) is 2.91. The van der Waals surface area contributed by atoms with E-state index in [0.717, 1.165) is 0 Å². The summed E-state index contributed by atoms with van der Waals surface area (Å²) in [5.41, 5.74) is 13.1. The van der Waals surface area contributed by atoms with Gasteiger partial charge in [-0.3, -0.25) is 0 Å². The normalized spacial score (nSPS) is 12.4. The summed E-state index contributed by atoms with van der Waals surface area (Å²) in [6.45, 7) is 7.10. The van der Waals surface area contributed by atoms with Gasteiger partial charge < -0.3 is 0 Å². The molecule has 0 bridgehead atoms. The van der Waals surface area contributed by atoms with Crippen LogP contribution in [0.4, 0.5) is 0 Å². The van der Waals surface area contributed by atoms with Crippen LogP contribution < -0.4 is 10.4 Å². The smallest absolute Gasteiger partial charge is 0.133 e. The quantitative estimate of drug-likeness (QED) is 0.555. The summed E-state index contributed by atoms with van der Waals surface area (Å²) >= 11 is 0. The van der Waals surface area contributed by atoms with Crippen LogP contribution in [0, 0.1) is 0 Å². The summed E-state index contributed by atoms with van der Waals surface area (Å²) in [7, 11) is -2.78. The first-order chi connectivity index (χ1) is 11.2. The molecule has 23 heavy (non-hydrogen) atoms. The Morgan fingerprint density at radius 3 is 1.70 bits per heavy atom. The van der Waals surface area contributed by atoms with Gasteiger partial charge in [0.2, 0.25) is 0 Å². The molecule has 0 fully saturated rings. The third-order valence-corrected chi connectivity index (χ3v) is 9.46. The fourth-order valence-corrected chi connectivity index (χ4v) is 8.74. The lowest BCUT2D eigenvalue weighted by molar-refractivity contribution is 1.73. The average molecular weight is 351 g/mol. The SMILES string of the molecule is C[SiH](C)C=C[SiH](C)C=C=C[SiH](c1ccccc1)c1ccccc1. The standard InChI is InChI=1S/C20H26Si3/c1-21(2)17-18-22(3)15-10-16-23(19-11-6-4-7-12-19)20-13-8-5-9-14-20/h4-9,11-18,21-23H,1-3H3. The molecule has 0 heterocycles. The second-order valence-electron chi connectivity index (χ2n) is 6.29. The van der Waals surface area contributed by atoms with E-state index in [-0.39, 0.29) is 0 Å². The fourth-order valence-electron chi connectivity index (χ4n) is 2.46. The maximum absolute atomic E-state index is 3.54. The summed E-state index contributed by atoms with van der Waals surface area (Å²) in [6, 6.07) is 21.8. The summed E-state index contributed by atoms with van der Waals surface area (Å²) in [5.74, 6) is 0. The molecule has 2 rings (SSSR count). The maximum Gasteiger partial charge on any atom is 0.133 e. The van der Waals surface area contributed by atoms with E-state index in [4.69, 9.17) is 0 Å². The van der Waals surface area contributed by atoms with Crippen LogP contribution in [-0.2, 0) is 0 Å². The Morgan fingerprint density at radius 1 is 0.696 bits per heavy atom. The second-order valence-corrected chi connectivity index (χ2v) is 14.2. The van der Waals surface area contributed by atoms with Crippen LogP contribution in [0.1, 0.15) is 0 Å². The number of rotatable bonds is 6. The zero-order valence-electron chi connectivity index (χ0n) is 14.3. The number of benzene rings is 2. The molecule has 0 saturated heterocycles. The lowest BCUT2D eigenvalue weighted by Gasteiger charge is -2.11. The minimum Gasteiger partial charge on any atom is -0.138 e. The summed E-state index contributed by atoms with van der Waals surface area (Å²) in [6.07, 6.45) is 0. The Bertz CT molecular complexity index is 629. The van der Waals surface area contributed by atoms with Gasteiger partial charge in [0.1, 0.15) is 8.80 Å². The van der Waals surface area contributed by atoms with Crippen molar-refractivity contribution >= 4 is 36.8 Å². The van der Waals surface area contributed by atoms with Crippen LogP contribution in [0.25, 0.3) is 0 Å².